The molecule has 0 radical (unpaired) electrons. The molecule has 3 aromatic heterocycles. The van der Waals surface area contributed by atoms with Crippen molar-refractivity contribution in [3.8, 4) is 0 Å². The summed E-state index contributed by atoms with van der Waals surface area (Å²) in [4.78, 5) is 35.1. The number of hydrogen-bond acceptors (Lipinski definition) is 9. The molecule has 1 aromatic carbocycles. The van der Waals surface area contributed by atoms with Crippen LogP contribution in [0.25, 0.3) is 0 Å². The number of carboxylic acids is 1. The van der Waals surface area contributed by atoms with E-state index >= 15 is 0 Å². The molecule has 4 rings (SSSR count). The Morgan fingerprint density at radius 3 is 2.57 bits per heavy atom. The number of aromatic nitrogens is 5. The second-order valence-electron chi connectivity index (χ2n) is 7.43. The summed E-state index contributed by atoms with van der Waals surface area (Å²) in [5.74, 6) is -2.45. The van der Waals surface area contributed by atoms with E-state index in [1.165, 1.54) is 23.5 Å². The van der Waals surface area contributed by atoms with E-state index in [1.807, 2.05) is 0 Å². The van der Waals surface area contributed by atoms with Gasteiger partial charge in [-0.25, -0.2) is 9.97 Å². The minimum Gasteiger partial charge on any atom is -0.481 e. The van der Waals surface area contributed by atoms with E-state index in [1.54, 1.807) is 55.2 Å². The molecular formula is C22H17Cl3N6O3S3. The lowest BCUT2D eigenvalue weighted by Crippen LogP contribution is -2.16. The number of carbonyl (C=O) groups excluding carboxylic acids is 1. The number of anilines is 1. The molecule has 1 amide bonds. The van der Waals surface area contributed by atoms with Crippen molar-refractivity contribution >= 4 is 86.7 Å². The number of rotatable bonds is 9. The van der Waals surface area contributed by atoms with Crippen LogP contribution >= 0.6 is 69.7 Å². The number of carbonyl (C=O) groups is 2. The fourth-order valence-electron chi connectivity index (χ4n) is 3.08. The second kappa shape index (κ2) is 12.0. The molecule has 37 heavy (non-hydrogen) atoms. The lowest BCUT2D eigenvalue weighted by molar-refractivity contribution is -0.138. The average molecular weight is 616 g/mol. The Morgan fingerprint density at radius 2 is 1.92 bits per heavy atom. The van der Waals surface area contributed by atoms with Crippen LogP contribution in [0.3, 0.4) is 0 Å². The molecule has 2 N–H and O–H groups in total. The Kier molecular flexibility index (Phi) is 8.98. The SMILES string of the molecule is CCC(C(=O)O)c1nc(NC(=O)c2nc(Sc3nncn3C)ccc2Sc2ccc(Cl)c(Cl)c2)sc1Cl. The van der Waals surface area contributed by atoms with Crippen LogP contribution in [0.4, 0.5) is 5.13 Å². The third-order valence-electron chi connectivity index (χ3n) is 4.90. The Balaban J connectivity index is 1.67. The maximum Gasteiger partial charge on any atom is 0.312 e. The highest BCUT2D eigenvalue weighted by Gasteiger charge is 2.26. The molecule has 15 heteroatoms. The van der Waals surface area contributed by atoms with Crippen molar-refractivity contribution in [1.29, 1.82) is 0 Å². The minimum atomic E-state index is -1.04. The van der Waals surface area contributed by atoms with Crippen molar-refractivity contribution in [1.82, 2.24) is 24.7 Å². The topological polar surface area (TPSA) is 123 Å². The maximum absolute atomic E-state index is 13.4. The second-order valence-corrected chi connectivity index (χ2v) is 12.0. The molecule has 3 heterocycles. The predicted octanol–water partition coefficient (Wildman–Crippen LogP) is 6.76. The van der Waals surface area contributed by atoms with E-state index in [-0.39, 0.29) is 20.9 Å². The quantitative estimate of drug-likeness (QED) is 0.210. The first-order valence-electron chi connectivity index (χ1n) is 10.5. The van der Waals surface area contributed by atoms with Gasteiger partial charge in [0.05, 0.1) is 15.7 Å². The van der Waals surface area contributed by atoms with Crippen molar-refractivity contribution in [3.05, 3.63) is 62.4 Å². The maximum atomic E-state index is 13.4. The van der Waals surface area contributed by atoms with Gasteiger partial charge in [-0.1, -0.05) is 64.8 Å². The largest absolute Gasteiger partial charge is 0.481 e. The van der Waals surface area contributed by atoms with Crippen molar-refractivity contribution in [2.45, 2.75) is 39.2 Å². The number of aliphatic carboxylic acids is 1. The molecule has 4 aromatic rings. The monoisotopic (exact) mass is 614 g/mol. The van der Waals surface area contributed by atoms with Gasteiger partial charge < -0.3 is 9.67 Å². The van der Waals surface area contributed by atoms with E-state index in [2.05, 4.69) is 25.5 Å². The van der Waals surface area contributed by atoms with Crippen LogP contribution in [0, 0.1) is 0 Å². The van der Waals surface area contributed by atoms with Gasteiger partial charge in [0.1, 0.15) is 27.3 Å². The van der Waals surface area contributed by atoms with E-state index in [0.29, 0.717) is 31.5 Å². The van der Waals surface area contributed by atoms with Crippen molar-refractivity contribution in [2.75, 3.05) is 5.32 Å². The molecule has 0 aliphatic heterocycles. The third kappa shape index (κ3) is 6.57. The molecule has 0 saturated heterocycles. The highest BCUT2D eigenvalue weighted by atomic mass is 35.5. The van der Waals surface area contributed by atoms with Crippen LogP contribution in [0.2, 0.25) is 14.4 Å². The number of nitrogens with zero attached hydrogens (tertiary/aromatic N) is 5. The molecule has 0 saturated carbocycles. The summed E-state index contributed by atoms with van der Waals surface area (Å²) in [6.45, 7) is 1.73. The fourth-order valence-corrected chi connectivity index (χ4v) is 6.26. The van der Waals surface area contributed by atoms with Gasteiger partial charge in [-0.05, 0) is 48.5 Å². The highest BCUT2D eigenvalue weighted by Crippen LogP contribution is 2.37. The standard InChI is InChI=1S/C22H17Cl3N6O3S3/c1-3-11(20(33)34)16-18(25)37-21(28-16)29-19(32)17-14(35-10-4-5-12(23)13(24)8-10)6-7-15(27-17)36-22-30-26-9-31(22)2/h4-9,11H,3H2,1-2H3,(H,33,34)(H,28,29,32). The predicted molar refractivity (Wildman–Crippen MR) is 146 cm³/mol. The third-order valence-corrected chi connectivity index (χ3v) is 8.87. The van der Waals surface area contributed by atoms with Gasteiger partial charge >= 0.3 is 5.97 Å². The molecule has 0 aliphatic rings. The van der Waals surface area contributed by atoms with Gasteiger partial charge in [-0.3, -0.25) is 14.9 Å². The van der Waals surface area contributed by atoms with Crippen LogP contribution in [0.5, 0.6) is 0 Å². The smallest absolute Gasteiger partial charge is 0.312 e. The van der Waals surface area contributed by atoms with Gasteiger partial charge in [0.2, 0.25) is 0 Å². The summed E-state index contributed by atoms with van der Waals surface area (Å²) in [5.41, 5.74) is 0.336. The Hall–Kier alpha value is -2.35. The zero-order valence-corrected chi connectivity index (χ0v) is 23.8. The minimum absolute atomic E-state index is 0.126. The lowest BCUT2D eigenvalue weighted by Gasteiger charge is -2.11. The summed E-state index contributed by atoms with van der Waals surface area (Å²) in [7, 11) is 1.80. The summed E-state index contributed by atoms with van der Waals surface area (Å²) in [6.07, 6.45) is 1.87. The molecular weight excluding hydrogens is 599 g/mol. The van der Waals surface area contributed by atoms with Crippen molar-refractivity contribution in [3.63, 3.8) is 0 Å². The van der Waals surface area contributed by atoms with Crippen molar-refractivity contribution in [2.24, 2.45) is 7.05 Å². The van der Waals surface area contributed by atoms with E-state index in [0.717, 1.165) is 16.2 Å². The lowest BCUT2D eigenvalue weighted by atomic mass is 10.0. The summed E-state index contributed by atoms with van der Waals surface area (Å²) >= 11 is 22.0. The van der Waals surface area contributed by atoms with Gasteiger partial charge in [-0.2, -0.15) is 0 Å². The number of hydrogen-bond donors (Lipinski definition) is 2. The number of amides is 1. The zero-order valence-electron chi connectivity index (χ0n) is 19.1. The number of nitrogens with one attached hydrogen (secondary N) is 1. The molecule has 0 bridgehead atoms. The highest BCUT2D eigenvalue weighted by molar-refractivity contribution is 7.99. The fraction of sp³-hybridized carbons (Fsp3) is 0.182. The van der Waals surface area contributed by atoms with Crippen LogP contribution < -0.4 is 5.32 Å². The number of benzene rings is 1. The molecule has 0 fully saturated rings. The van der Waals surface area contributed by atoms with Gasteiger partial charge in [0, 0.05) is 16.8 Å². The van der Waals surface area contributed by atoms with Gasteiger partial charge in [-0.15, -0.1) is 10.2 Å². The van der Waals surface area contributed by atoms with Gasteiger partial charge in [0.15, 0.2) is 10.3 Å². The molecule has 0 spiro atoms. The van der Waals surface area contributed by atoms with Crippen molar-refractivity contribution < 1.29 is 14.7 Å². The first-order valence-corrected chi connectivity index (χ1v) is 14.1. The number of carboxylic acid groups (broad SMARTS) is 1. The molecule has 192 valence electrons. The summed E-state index contributed by atoms with van der Waals surface area (Å²) in [6, 6.07) is 8.69. The zero-order chi connectivity index (χ0) is 26.7. The van der Waals surface area contributed by atoms with Crippen LogP contribution in [0.15, 0.2) is 56.6 Å². The summed E-state index contributed by atoms with van der Waals surface area (Å²) < 4.78 is 1.94. The van der Waals surface area contributed by atoms with Crippen LogP contribution in [0.1, 0.15) is 35.4 Å². The normalized spacial score (nSPS) is 11.9. The Labute approximate surface area is 239 Å². The van der Waals surface area contributed by atoms with Crippen LogP contribution in [-0.4, -0.2) is 41.7 Å². The molecule has 9 nitrogen and oxygen atoms in total. The average Bonchev–Trinajstić information content (AvgIpc) is 3.42. The van der Waals surface area contributed by atoms with E-state index < -0.39 is 17.8 Å². The van der Waals surface area contributed by atoms with Gasteiger partial charge in [0.25, 0.3) is 5.91 Å². The molecule has 1 atom stereocenters. The number of aryl methyl sites for hydroxylation is 1. The number of thiazole rings is 1. The first kappa shape index (κ1) is 27.7. The molecule has 0 aliphatic carbocycles. The van der Waals surface area contributed by atoms with E-state index in [9.17, 15) is 14.7 Å². The number of pyridine rings is 1. The van der Waals surface area contributed by atoms with Crippen LogP contribution in [-0.2, 0) is 11.8 Å². The summed E-state index contributed by atoms with van der Waals surface area (Å²) in [5, 5.41) is 22.2. The van der Waals surface area contributed by atoms with E-state index in [4.69, 9.17) is 34.8 Å². The Morgan fingerprint density at radius 1 is 1.14 bits per heavy atom. The first-order chi connectivity index (χ1) is 17.7. The number of halogens is 3. The molecule has 1 unspecified atom stereocenters. The Bertz CT molecular complexity index is 1480.